The Kier molecular flexibility index (Phi) is 5.28. The minimum atomic E-state index is -0.0158. The number of aryl methyl sites for hydroxylation is 1. The van der Waals surface area contributed by atoms with Crippen molar-refractivity contribution in [3.8, 4) is 5.75 Å². The topological polar surface area (TPSA) is 24.5 Å². The average molecular weight is 290 g/mol. The van der Waals surface area contributed by atoms with Crippen LogP contribution in [0.2, 0.25) is 0 Å². The predicted octanol–water partition coefficient (Wildman–Crippen LogP) is 3.53. The summed E-state index contributed by atoms with van der Waals surface area (Å²) in [4.78, 5) is 2.22. The first-order valence-electron chi connectivity index (χ1n) is 8.17. The second kappa shape index (κ2) is 6.80. The molecule has 0 aliphatic carbocycles. The zero-order valence-electron chi connectivity index (χ0n) is 14.2. The Hall–Kier alpha value is -1.06. The van der Waals surface area contributed by atoms with Crippen molar-refractivity contribution in [2.24, 2.45) is 0 Å². The molecule has 0 saturated carbocycles. The summed E-state index contributed by atoms with van der Waals surface area (Å²) in [5, 5.41) is 3.74. The Balaban J connectivity index is 2.22. The number of rotatable bonds is 6. The molecule has 0 amide bonds. The molecule has 1 atom stereocenters. The van der Waals surface area contributed by atoms with E-state index in [1.165, 1.54) is 11.1 Å². The van der Waals surface area contributed by atoms with Crippen molar-refractivity contribution in [1.82, 2.24) is 10.2 Å². The zero-order chi connectivity index (χ0) is 15.5. The minimum Gasteiger partial charge on any atom is -0.487 e. The largest absolute Gasteiger partial charge is 0.487 e. The van der Waals surface area contributed by atoms with Crippen LogP contribution in [0.5, 0.6) is 5.75 Å². The Labute approximate surface area is 129 Å². The first-order chi connectivity index (χ1) is 9.99. The van der Waals surface area contributed by atoms with Crippen molar-refractivity contribution < 1.29 is 4.74 Å². The van der Waals surface area contributed by atoms with Crippen LogP contribution in [0.15, 0.2) is 18.2 Å². The van der Waals surface area contributed by atoms with Gasteiger partial charge in [0, 0.05) is 31.1 Å². The molecule has 3 heteroatoms. The smallest absolute Gasteiger partial charge is 0.124 e. The molecule has 0 bridgehead atoms. The summed E-state index contributed by atoms with van der Waals surface area (Å²) >= 11 is 0. The fraction of sp³-hybridized carbons (Fsp3) is 0.667. The fourth-order valence-corrected chi connectivity index (χ4v) is 3.12. The molecule has 0 saturated heterocycles. The first kappa shape index (κ1) is 16.3. The lowest BCUT2D eigenvalue weighted by molar-refractivity contribution is 0.0226. The van der Waals surface area contributed by atoms with Gasteiger partial charge in [0.15, 0.2) is 0 Å². The molecule has 3 nitrogen and oxygen atoms in total. The molecule has 21 heavy (non-hydrogen) atoms. The van der Waals surface area contributed by atoms with E-state index in [2.05, 4.69) is 63.3 Å². The van der Waals surface area contributed by atoms with Crippen LogP contribution in [0.4, 0.5) is 0 Å². The molecule has 118 valence electrons. The Bertz CT molecular complexity index is 466. The maximum absolute atomic E-state index is 6.38. The fourth-order valence-electron chi connectivity index (χ4n) is 3.12. The zero-order valence-corrected chi connectivity index (χ0v) is 14.2. The Morgan fingerprint density at radius 2 is 2.00 bits per heavy atom. The summed E-state index contributed by atoms with van der Waals surface area (Å²) < 4.78 is 6.38. The Morgan fingerprint density at radius 1 is 1.29 bits per heavy atom. The van der Waals surface area contributed by atoms with E-state index in [4.69, 9.17) is 4.74 Å². The van der Waals surface area contributed by atoms with Crippen molar-refractivity contribution in [1.29, 1.82) is 0 Å². The molecule has 2 rings (SSSR count). The number of nitrogens with one attached hydrogen (secondary N) is 1. The number of ether oxygens (including phenoxy) is 1. The maximum Gasteiger partial charge on any atom is 0.124 e. The number of hydrogen-bond donors (Lipinski definition) is 1. The molecule has 1 N–H and O–H groups in total. The van der Waals surface area contributed by atoms with Crippen molar-refractivity contribution >= 4 is 0 Å². The highest BCUT2D eigenvalue weighted by molar-refractivity contribution is 5.41. The van der Waals surface area contributed by atoms with E-state index >= 15 is 0 Å². The monoisotopic (exact) mass is 290 g/mol. The van der Waals surface area contributed by atoms with E-state index < -0.39 is 0 Å². The molecule has 1 aromatic carbocycles. The third-order valence-corrected chi connectivity index (χ3v) is 4.68. The summed E-state index contributed by atoms with van der Waals surface area (Å²) in [6.45, 7) is 8.69. The lowest BCUT2D eigenvalue weighted by Gasteiger charge is -2.42. The number of hydrogen-bond acceptors (Lipinski definition) is 3. The quantitative estimate of drug-likeness (QED) is 0.867. The minimum absolute atomic E-state index is 0.0158. The molecule has 0 radical (unpaired) electrons. The second-order valence-corrected chi connectivity index (χ2v) is 6.55. The highest BCUT2D eigenvalue weighted by Crippen LogP contribution is 2.42. The molecule has 0 aromatic heterocycles. The van der Waals surface area contributed by atoms with Gasteiger partial charge in [0.05, 0.1) is 0 Å². The van der Waals surface area contributed by atoms with Crippen molar-refractivity contribution in [2.45, 2.75) is 51.7 Å². The molecule has 1 aliphatic rings. The highest BCUT2D eigenvalue weighted by atomic mass is 16.5. The van der Waals surface area contributed by atoms with Gasteiger partial charge in [-0.25, -0.2) is 0 Å². The van der Waals surface area contributed by atoms with Gasteiger partial charge in [-0.05, 0) is 39.9 Å². The standard InChI is InChI=1S/C18H30N2O/c1-6-18(7-2)13-16(19-10-11-20(4)5)15-12-14(3)8-9-17(15)21-18/h8-9,12,16,19H,6-7,10-11,13H2,1-5H3. The predicted molar refractivity (Wildman–Crippen MR) is 89.0 cm³/mol. The van der Waals surface area contributed by atoms with Gasteiger partial charge < -0.3 is 15.0 Å². The van der Waals surface area contributed by atoms with Crippen LogP contribution in [0.3, 0.4) is 0 Å². The van der Waals surface area contributed by atoms with Gasteiger partial charge in [-0.1, -0.05) is 31.5 Å². The third kappa shape index (κ3) is 3.78. The average Bonchev–Trinajstić information content (AvgIpc) is 2.47. The number of likely N-dealkylation sites (N-methyl/N-ethyl adjacent to an activating group) is 1. The summed E-state index contributed by atoms with van der Waals surface area (Å²) in [5.74, 6) is 1.07. The Morgan fingerprint density at radius 3 is 2.62 bits per heavy atom. The second-order valence-electron chi connectivity index (χ2n) is 6.55. The van der Waals surface area contributed by atoms with Gasteiger partial charge in [0.2, 0.25) is 0 Å². The van der Waals surface area contributed by atoms with Gasteiger partial charge in [-0.3, -0.25) is 0 Å². The normalized spacial score (nSPS) is 20.2. The number of nitrogens with zero attached hydrogens (tertiary/aromatic N) is 1. The number of benzene rings is 1. The summed E-state index contributed by atoms with van der Waals surface area (Å²) in [5.41, 5.74) is 2.61. The van der Waals surface area contributed by atoms with E-state index in [1.807, 2.05) is 0 Å². The van der Waals surface area contributed by atoms with Gasteiger partial charge in [-0.15, -0.1) is 0 Å². The van der Waals surface area contributed by atoms with Crippen LogP contribution in [0.25, 0.3) is 0 Å². The number of fused-ring (bicyclic) bond motifs is 1. The summed E-state index contributed by atoms with van der Waals surface area (Å²) in [7, 11) is 4.23. The van der Waals surface area contributed by atoms with Crippen LogP contribution < -0.4 is 10.1 Å². The van der Waals surface area contributed by atoms with Crippen molar-refractivity contribution in [2.75, 3.05) is 27.2 Å². The first-order valence-corrected chi connectivity index (χ1v) is 8.17. The van der Waals surface area contributed by atoms with Gasteiger partial charge in [-0.2, -0.15) is 0 Å². The van der Waals surface area contributed by atoms with Crippen LogP contribution >= 0.6 is 0 Å². The van der Waals surface area contributed by atoms with Crippen molar-refractivity contribution in [3.63, 3.8) is 0 Å². The molecular formula is C18H30N2O. The molecule has 0 spiro atoms. The van der Waals surface area contributed by atoms with Gasteiger partial charge in [0.1, 0.15) is 11.4 Å². The lowest BCUT2D eigenvalue weighted by atomic mass is 9.83. The summed E-state index contributed by atoms with van der Waals surface area (Å²) in [6.07, 6.45) is 3.18. The van der Waals surface area contributed by atoms with Crippen LogP contribution in [-0.2, 0) is 0 Å². The van der Waals surface area contributed by atoms with Gasteiger partial charge >= 0.3 is 0 Å². The van der Waals surface area contributed by atoms with Crippen molar-refractivity contribution in [3.05, 3.63) is 29.3 Å². The molecule has 1 heterocycles. The van der Waals surface area contributed by atoms with E-state index in [0.29, 0.717) is 6.04 Å². The van der Waals surface area contributed by atoms with E-state index in [9.17, 15) is 0 Å². The molecule has 1 unspecified atom stereocenters. The summed E-state index contributed by atoms with van der Waals surface area (Å²) in [6, 6.07) is 6.97. The molecular weight excluding hydrogens is 260 g/mol. The molecule has 1 aliphatic heterocycles. The molecule has 0 fully saturated rings. The van der Waals surface area contributed by atoms with E-state index in [-0.39, 0.29) is 5.60 Å². The van der Waals surface area contributed by atoms with Crippen LogP contribution in [0, 0.1) is 6.92 Å². The molecule has 1 aromatic rings. The van der Waals surface area contributed by atoms with Crippen LogP contribution in [0.1, 0.15) is 50.3 Å². The highest BCUT2D eigenvalue weighted by Gasteiger charge is 2.38. The SMILES string of the molecule is CCC1(CC)CC(NCCN(C)C)c2cc(C)ccc2O1. The van der Waals surface area contributed by atoms with E-state index in [0.717, 1.165) is 38.1 Å². The maximum atomic E-state index is 6.38. The van der Waals surface area contributed by atoms with Gasteiger partial charge in [0.25, 0.3) is 0 Å². The third-order valence-electron chi connectivity index (χ3n) is 4.68. The van der Waals surface area contributed by atoms with E-state index in [1.54, 1.807) is 0 Å². The lowest BCUT2D eigenvalue weighted by Crippen LogP contribution is -2.44. The van der Waals surface area contributed by atoms with Crippen LogP contribution in [-0.4, -0.2) is 37.7 Å².